The van der Waals surface area contributed by atoms with E-state index in [-0.39, 0.29) is 17.2 Å². The molecule has 0 saturated heterocycles. The van der Waals surface area contributed by atoms with Crippen molar-refractivity contribution in [1.29, 1.82) is 0 Å². The molecule has 6 nitrogen and oxygen atoms in total. The number of rotatable bonds is 6. The number of carbonyl (C=O) groups is 2. The Morgan fingerprint density at radius 1 is 1.00 bits per heavy atom. The first-order valence-electron chi connectivity index (χ1n) is 7.91. The van der Waals surface area contributed by atoms with Crippen molar-refractivity contribution < 1.29 is 22.7 Å². The van der Waals surface area contributed by atoms with E-state index in [9.17, 15) is 18.0 Å². The number of sulfone groups is 1. The van der Waals surface area contributed by atoms with Gasteiger partial charge in [0, 0.05) is 25.9 Å². The minimum absolute atomic E-state index is 0.103. The Hall–Kier alpha value is -2.67. The molecule has 0 N–H and O–H groups in total. The highest BCUT2D eigenvalue weighted by atomic mass is 32.2. The zero-order valence-electron chi connectivity index (χ0n) is 14.9. The average molecular weight is 375 g/mol. The molecule has 2 aromatic carbocycles. The number of esters is 1. The third kappa shape index (κ3) is 5.42. The lowest BCUT2D eigenvalue weighted by Gasteiger charge is -2.21. The number of nitrogens with zero attached hydrogens (tertiary/aromatic N) is 1. The number of benzene rings is 2. The highest BCUT2D eigenvalue weighted by molar-refractivity contribution is 7.89. The Labute approximate surface area is 153 Å². The summed E-state index contributed by atoms with van der Waals surface area (Å²) in [6.07, 6.45) is 0.0985. The maximum Gasteiger partial charge on any atom is 0.339 e. The summed E-state index contributed by atoms with van der Waals surface area (Å²) in [4.78, 5) is 26.2. The van der Waals surface area contributed by atoms with E-state index in [1.165, 1.54) is 17.0 Å². The van der Waals surface area contributed by atoms with E-state index in [2.05, 4.69) is 0 Å². The molecule has 0 fully saturated rings. The molecule has 7 heteroatoms. The average Bonchev–Trinajstić information content (AvgIpc) is 2.58. The topological polar surface area (TPSA) is 80.8 Å². The molecular formula is C19H21NO5S. The predicted octanol–water partition coefficient (Wildman–Crippen LogP) is 2.22. The maximum atomic E-state index is 12.4. The van der Waals surface area contributed by atoms with Crippen LogP contribution in [0.25, 0.3) is 0 Å². The summed E-state index contributed by atoms with van der Waals surface area (Å²) in [6.45, 7) is 0. The summed E-state index contributed by atoms with van der Waals surface area (Å²) in [5.41, 5.74) is 1.40. The minimum Gasteiger partial charge on any atom is -0.444 e. The Kier molecular flexibility index (Phi) is 6.15. The van der Waals surface area contributed by atoms with E-state index in [0.29, 0.717) is 11.1 Å². The van der Waals surface area contributed by atoms with Crippen LogP contribution in [0.2, 0.25) is 0 Å². The van der Waals surface area contributed by atoms with Crippen LogP contribution in [0.5, 0.6) is 0 Å². The lowest BCUT2D eigenvalue weighted by atomic mass is 10.1. The molecule has 0 saturated carbocycles. The summed E-state index contributed by atoms with van der Waals surface area (Å²) in [7, 11) is 0.0263. The molecule has 0 unspecified atom stereocenters. The summed E-state index contributed by atoms with van der Waals surface area (Å²) in [6, 6.07) is 14.9. The van der Waals surface area contributed by atoms with Crippen LogP contribution in [-0.2, 0) is 25.1 Å². The molecule has 0 aliphatic carbocycles. The van der Waals surface area contributed by atoms with Crippen molar-refractivity contribution in [2.45, 2.75) is 11.9 Å². The van der Waals surface area contributed by atoms with E-state index in [4.69, 9.17) is 4.74 Å². The Bertz CT molecular complexity index is 874. The number of carbonyl (C=O) groups excluding carboxylic acids is 2. The monoisotopic (exact) mass is 375 g/mol. The van der Waals surface area contributed by atoms with Gasteiger partial charge in [0.1, 0.15) is 0 Å². The molecule has 2 rings (SSSR count). The van der Waals surface area contributed by atoms with E-state index >= 15 is 0 Å². The van der Waals surface area contributed by atoms with Crippen molar-refractivity contribution in [2.24, 2.45) is 0 Å². The van der Waals surface area contributed by atoms with Crippen molar-refractivity contribution in [2.75, 3.05) is 20.4 Å². The van der Waals surface area contributed by atoms with Crippen LogP contribution < -0.4 is 0 Å². The second-order valence-corrected chi connectivity index (χ2v) is 8.34. The first-order chi connectivity index (χ1) is 12.2. The molecule has 0 radical (unpaired) electrons. The molecule has 0 aliphatic rings. The van der Waals surface area contributed by atoms with Gasteiger partial charge in [0.25, 0.3) is 5.91 Å². The van der Waals surface area contributed by atoms with Crippen LogP contribution in [0.3, 0.4) is 0 Å². The Morgan fingerprint density at radius 2 is 1.58 bits per heavy atom. The smallest absolute Gasteiger partial charge is 0.339 e. The summed E-state index contributed by atoms with van der Waals surface area (Å²) in [5, 5.41) is 0. The van der Waals surface area contributed by atoms with Gasteiger partial charge in [0.15, 0.2) is 9.84 Å². The van der Waals surface area contributed by atoms with Crippen molar-refractivity contribution in [3.8, 4) is 0 Å². The first kappa shape index (κ1) is 19.7. The molecule has 1 atom stereocenters. The molecule has 26 heavy (non-hydrogen) atoms. The maximum absolute atomic E-state index is 12.4. The molecular weight excluding hydrogens is 354 g/mol. The lowest BCUT2D eigenvalue weighted by Crippen LogP contribution is -2.31. The van der Waals surface area contributed by atoms with Crippen LogP contribution in [-0.4, -0.2) is 45.5 Å². The van der Waals surface area contributed by atoms with Crippen molar-refractivity contribution in [1.82, 2.24) is 4.90 Å². The summed E-state index contributed by atoms with van der Waals surface area (Å²) in [5.74, 6) is -1.10. The van der Waals surface area contributed by atoms with Gasteiger partial charge in [0.2, 0.25) is 6.10 Å². The molecule has 0 bridgehead atoms. The molecule has 138 valence electrons. The first-order valence-corrected chi connectivity index (χ1v) is 9.97. The van der Waals surface area contributed by atoms with Crippen LogP contribution in [0.1, 0.15) is 27.6 Å². The summed E-state index contributed by atoms with van der Waals surface area (Å²) >= 11 is 0. The third-order valence-corrected chi connectivity index (χ3v) is 4.47. The van der Waals surface area contributed by atoms with E-state index in [1.807, 2.05) is 6.07 Å². The standard InChI is InChI=1S/C19H21NO5S/c1-20(2)18(21)17(15-7-5-4-6-8-15)25-19(22)16-11-9-14(10-12-16)13-26(3,23)24/h4-12,17H,13H2,1-3H3/t17-/m1/s1. The highest BCUT2D eigenvalue weighted by Gasteiger charge is 2.27. The molecule has 1 amide bonds. The van der Waals surface area contributed by atoms with Gasteiger partial charge in [-0.05, 0) is 17.7 Å². The molecule has 0 spiro atoms. The Morgan fingerprint density at radius 3 is 2.08 bits per heavy atom. The number of ether oxygens (including phenoxy) is 1. The van der Waals surface area contributed by atoms with E-state index in [0.717, 1.165) is 6.26 Å². The van der Waals surface area contributed by atoms with Crippen LogP contribution in [0, 0.1) is 0 Å². The van der Waals surface area contributed by atoms with E-state index < -0.39 is 21.9 Å². The number of hydrogen-bond donors (Lipinski definition) is 0. The van der Waals surface area contributed by atoms with Gasteiger partial charge >= 0.3 is 5.97 Å². The second-order valence-electron chi connectivity index (χ2n) is 6.20. The molecule has 0 aliphatic heterocycles. The normalized spacial score (nSPS) is 12.3. The number of likely N-dealkylation sites (N-methyl/N-ethyl adjacent to an activating group) is 1. The van der Waals surface area contributed by atoms with Gasteiger partial charge in [-0.3, -0.25) is 4.79 Å². The van der Waals surface area contributed by atoms with Gasteiger partial charge < -0.3 is 9.64 Å². The van der Waals surface area contributed by atoms with Gasteiger partial charge in [-0.15, -0.1) is 0 Å². The van der Waals surface area contributed by atoms with Gasteiger partial charge in [-0.25, -0.2) is 13.2 Å². The fraction of sp³-hybridized carbons (Fsp3) is 0.263. The molecule has 0 heterocycles. The number of amides is 1. The zero-order valence-corrected chi connectivity index (χ0v) is 15.7. The van der Waals surface area contributed by atoms with Gasteiger partial charge in [-0.1, -0.05) is 42.5 Å². The van der Waals surface area contributed by atoms with Gasteiger partial charge in [-0.2, -0.15) is 0 Å². The molecule has 0 aromatic heterocycles. The van der Waals surface area contributed by atoms with Crippen LogP contribution in [0.15, 0.2) is 54.6 Å². The summed E-state index contributed by atoms with van der Waals surface area (Å²) < 4.78 is 28.1. The third-order valence-electron chi connectivity index (χ3n) is 3.61. The zero-order chi connectivity index (χ0) is 19.3. The van der Waals surface area contributed by atoms with Crippen LogP contribution in [0.4, 0.5) is 0 Å². The lowest BCUT2D eigenvalue weighted by molar-refractivity contribution is -0.138. The quantitative estimate of drug-likeness (QED) is 0.723. The fourth-order valence-corrected chi connectivity index (χ4v) is 3.14. The SMILES string of the molecule is CN(C)C(=O)[C@H](OC(=O)c1ccc(CS(C)(=O)=O)cc1)c1ccccc1. The van der Waals surface area contributed by atoms with E-state index in [1.54, 1.807) is 50.5 Å². The van der Waals surface area contributed by atoms with Crippen LogP contribution >= 0.6 is 0 Å². The Balaban J connectivity index is 2.20. The van der Waals surface area contributed by atoms with Crippen molar-refractivity contribution >= 4 is 21.7 Å². The fourth-order valence-electron chi connectivity index (χ4n) is 2.34. The largest absolute Gasteiger partial charge is 0.444 e. The second kappa shape index (κ2) is 8.14. The highest BCUT2D eigenvalue weighted by Crippen LogP contribution is 2.21. The minimum atomic E-state index is -3.15. The predicted molar refractivity (Wildman–Crippen MR) is 98.3 cm³/mol. The molecule has 2 aromatic rings. The van der Waals surface area contributed by atoms with Crippen molar-refractivity contribution in [3.05, 3.63) is 71.3 Å². The van der Waals surface area contributed by atoms with Crippen molar-refractivity contribution in [3.63, 3.8) is 0 Å². The van der Waals surface area contributed by atoms with Gasteiger partial charge in [0.05, 0.1) is 11.3 Å². The number of hydrogen-bond acceptors (Lipinski definition) is 5.